The molecule has 0 aromatic heterocycles. The second kappa shape index (κ2) is 5.32. The average molecular weight is 215 g/mol. The first-order valence-corrected chi connectivity index (χ1v) is 5.31. The largest absolute Gasteiger partial charge is 0.389 e. The van der Waals surface area contributed by atoms with Gasteiger partial charge in [-0.2, -0.15) is 0 Å². The summed E-state index contributed by atoms with van der Waals surface area (Å²) in [7, 11) is 0. The van der Waals surface area contributed by atoms with Gasteiger partial charge in [0.25, 0.3) is 0 Å². The molecule has 1 aliphatic heterocycles. The number of rotatable bonds is 3. The fraction of sp³-hybridized carbons (Fsp3) is 0.900. The van der Waals surface area contributed by atoms with Gasteiger partial charge in [0.15, 0.2) is 5.96 Å². The first kappa shape index (κ1) is 12.3. The van der Waals surface area contributed by atoms with E-state index in [2.05, 4.69) is 15.6 Å². The molecule has 1 aliphatic rings. The number of β-amino-alcohol motifs (C(OH)–C–C–N with tert-alkyl or cyclic N) is 1. The summed E-state index contributed by atoms with van der Waals surface area (Å²) >= 11 is 0. The maximum Gasteiger partial charge on any atom is 0.191 e. The Hall–Kier alpha value is -0.810. The van der Waals surface area contributed by atoms with E-state index < -0.39 is 0 Å². The van der Waals surface area contributed by atoms with E-state index in [1.165, 1.54) is 0 Å². The van der Waals surface area contributed by atoms with Crippen LogP contribution in [0.1, 0.15) is 20.8 Å². The Balaban J connectivity index is 2.10. The number of aliphatic hydroxyl groups is 1. The molecule has 0 spiro atoms. The van der Waals surface area contributed by atoms with E-state index in [1.54, 1.807) is 0 Å². The van der Waals surface area contributed by atoms with Crippen molar-refractivity contribution in [2.75, 3.05) is 26.2 Å². The van der Waals surface area contributed by atoms with Crippen LogP contribution in [0.15, 0.2) is 4.99 Å². The summed E-state index contributed by atoms with van der Waals surface area (Å²) in [4.78, 5) is 4.13. The second-order valence-electron chi connectivity index (χ2n) is 4.61. The van der Waals surface area contributed by atoms with Gasteiger partial charge in [0.1, 0.15) is 0 Å². The molecular formula is C10H21N3O2. The summed E-state index contributed by atoms with van der Waals surface area (Å²) in [6, 6.07) is 0. The van der Waals surface area contributed by atoms with Crippen LogP contribution in [0.4, 0.5) is 0 Å². The van der Waals surface area contributed by atoms with Gasteiger partial charge >= 0.3 is 0 Å². The van der Waals surface area contributed by atoms with Crippen molar-refractivity contribution in [2.24, 2.45) is 4.99 Å². The molecule has 1 rings (SSSR count). The van der Waals surface area contributed by atoms with Gasteiger partial charge in [-0.15, -0.1) is 0 Å². The fourth-order valence-electron chi connectivity index (χ4n) is 1.18. The Kier molecular flexibility index (Phi) is 4.35. The zero-order valence-electron chi connectivity index (χ0n) is 9.71. The molecule has 0 bridgehead atoms. The number of aliphatic imine (C=N–C) groups is 1. The van der Waals surface area contributed by atoms with Crippen molar-refractivity contribution in [3.05, 3.63) is 0 Å². The summed E-state index contributed by atoms with van der Waals surface area (Å²) in [6.45, 7) is 8.48. The van der Waals surface area contributed by atoms with Crippen molar-refractivity contribution in [1.82, 2.24) is 10.6 Å². The number of guanidine groups is 1. The highest BCUT2D eigenvalue weighted by Crippen LogP contribution is 2.04. The molecule has 3 N–H and O–H groups in total. The lowest BCUT2D eigenvalue weighted by Crippen LogP contribution is -2.47. The van der Waals surface area contributed by atoms with Crippen LogP contribution in [0.25, 0.3) is 0 Å². The Labute approximate surface area is 90.9 Å². The first-order valence-electron chi connectivity index (χ1n) is 5.31. The molecule has 0 saturated heterocycles. The molecule has 5 nitrogen and oxygen atoms in total. The quantitative estimate of drug-likeness (QED) is 0.566. The number of nitrogens with one attached hydrogen (secondary N) is 2. The predicted octanol–water partition coefficient (Wildman–Crippen LogP) is -0.289. The zero-order valence-corrected chi connectivity index (χ0v) is 9.71. The molecule has 0 aliphatic carbocycles. The van der Waals surface area contributed by atoms with Crippen LogP contribution in [0, 0.1) is 0 Å². The molecular weight excluding hydrogens is 194 g/mol. The highest BCUT2D eigenvalue weighted by Gasteiger charge is 2.12. The maximum absolute atomic E-state index is 9.18. The van der Waals surface area contributed by atoms with Crippen molar-refractivity contribution < 1.29 is 9.84 Å². The minimum atomic E-state index is -0.360. The standard InChI is InChI=1S/C10H21N3O2/c1-10(2,3)15-5-4-11-9-12-6-8(14)7-13-9/h8,14H,4-7H2,1-3H3,(H2,11,12,13). The van der Waals surface area contributed by atoms with Gasteiger partial charge in [-0.3, -0.25) is 4.99 Å². The van der Waals surface area contributed by atoms with Gasteiger partial charge in [-0.1, -0.05) is 0 Å². The maximum atomic E-state index is 9.18. The SMILES string of the molecule is CC(C)(C)OCCNC1=NCC(O)CN1. The van der Waals surface area contributed by atoms with Crippen molar-refractivity contribution >= 4 is 5.96 Å². The van der Waals surface area contributed by atoms with Crippen molar-refractivity contribution in [3.63, 3.8) is 0 Å². The van der Waals surface area contributed by atoms with Crippen LogP contribution in [0.2, 0.25) is 0 Å². The highest BCUT2D eigenvalue weighted by atomic mass is 16.5. The average Bonchev–Trinajstić information content (AvgIpc) is 2.14. The molecule has 0 aromatic carbocycles. The summed E-state index contributed by atoms with van der Waals surface area (Å²) in [6.07, 6.45) is -0.360. The molecule has 0 radical (unpaired) electrons. The fourth-order valence-corrected chi connectivity index (χ4v) is 1.18. The number of hydrogen-bond acceptors (Lipinski definition) is 5. The third-order valence-corrected chi connectivity index (χ3v) is 1.89. The lowest BCUT2D eigenvalue weighted by molar-refractivity contribution is 0.000460. The van der Waals surface area contributed by atoms with Crippen LogP contribution in [0.3, 0.4) is 0 Å². The Morgan fingerprint density at radius 3 is 2.87 bits per heavy atom. The lowest BCUT2D eigenvalue weighted by atomic mass is 10.2. The number of hydrogen-bond donors (Lipinski definition) is 3. The number of ether oxygens (including phenoxy) is 1. The van der Waals surface area contributed by atoms with Crippen LogP contribution >= 0.6 is 0 Å². The molecule has 0 fully saturated rings. The third kappa shape index (κ3) is 5.59. The van der Waals surface area contributed by atoms with Gasteiger partial charge in [0, 0.05) is 13.1 Å². The first-order chi connectivity index (χ1) is 6.97. The number of aliphatic hydroxyl groups excluding tert-OH is 1. The van der Waals surface area contributed by atoms with Crippen molar-refractivity contribution in [3.8, 4) is 0 Å². The Bertz CT molecular complexity index is 223. The molecule has 0 saturated carbocycles. The van der Waals surface area contributed by atoms with Crippen LogP contribution in [-0.2, 0) is 4.74 Å². The topological polar surface area (TPSA) is 65.9 Å². The predicted molar refractivity (Wildman–Crippen MR) is 60.0 cm³/mol. The third-order valence-electron chi connectivity index (χ3n) is 1.89. The molecule has 1 heterocycles. The molecule has 0 amide bonds. The van der Waals surface area contributed by atoms with Crippen LogP contribution in [-0.4, -0.2) is 49.0 Å². The molecule has 1 atom stereocenters. The highest BCUT2D eigenvalue weighted by molar-refractivity contribution is 5.80. The summed E-state index contributed by atoms with van der Waals surface area (Å²) in [5.74, 6) is 0.748. The second-order valence-corrected chi connectivity index (χ2v) is 4.61. The van der Waals surface area contributed by atoms with E-state index in [1.807, 2.05) is 20.8 Å². The smallest absolute Gasteiger partial charge is 0.191 e. The Morgan fingerprint density at radius 1 is 1.60 bits per heavy atom. The van der Waals surface area contributed by atoms with Gasteiger partial charge in [-0.05, 0) is 20.8 Å². The van der Waals surface area contributed by atoms with Crippen molar-refractivity contribution in [1.29, 1.82) is 0 Å². The zero-order chi connectivity index (χ0) is 11.3. The normalized spacial score (nSPS) is 21.9. The molecule has 0 aromatic rings. The Morgan fingerprint density at radius 2 is 2.33 bits per heavy atom. The molecule has 15 heavy (non-hydrogen) atoms. The van der Waals surface area contributed by atoms with E-state index in [0.717, 1.165) is 12.5 Å². The van der Waals surface area contributed by atoms with Crippen molar-refractivity contribution in [2.45, 2.75) is 32.5 Å². The molecule has 88 valence electrons. The van der Waals surface area contributed by atoms with E-state index in [9.17, 15) is 5.11 Å². The molecule has 1 unspecified atom stereocenters. The lowest BCUT2D eigenvalue weighted by Gasteiger charge is -2.22. The minimum absolute atomic E-state index is 0.0975. The minimum Gasteiger partial charge on any atom is -0.389 e. The van der Waals surface area contributed by atoms with E-state index in [0.29, 0.717) is 19.7 Å². The van der Waals surface area contributed by atoms with E-state index in [4.69, 9.17) is 4.74 Å². The van der Waals surface area contributed by atoms with Gasteiger partial charge < -0.3 is 20.5 Å². The van der Waals surface area contributed by atoms with Gasteiger partial charge in [-0.25, -0.2) is 0 Å². The summed E-state index contributed by atoms with van der Waals surface area (Å²) in [5.41, 5.74) is -0.0975. The summed E-state index contributed by atoms with van der Waals surface area (Å²) < 4.78 is 5.55. The molecule has 5 heteroatoms. The number of nitrogens with zero attached hydrogens (tertiary/aromatic N) is 1. The monoisotopic (exact) mass is 215 g/mol. The van der Waals surface area contributed by atoms with Crippen LogP contribution in [0.5, 0.6) is 0 Å². The van der Waals surface area contributed by atoms with Crippen LogP contribution < -0.4 is 10.6 Å². The van der Waals surface area contributed by atoms with Gasteiger partial charge in [0.2, 0.25) is 0 Å². The van der Waals surface area contributed by atoms with Gasteiger partial charge in [0.05, 0.1) is 24.9 Å². The van der Waals surface area contributed by atoms with E-state index >= 15 is 0 Å². The summed E-state index contributed by atoms with van der Waals surface area (Å²) in [5, 5.41) is 15.3. The van der Waals surface area contributed by atoms with E-state index in [-0.39, 0.29) is 11.7 Å².